The van der Waals surface area contributed by atoms with Gasteiger partial charge >= 0.3 is 0 Å². The van der Waals surface area contributed by atoms with Crippen molar-refractivity contribution in [1.29, 1.82) is 0 Å². The van der Waals surface area contributed by atoms with Gasteiger partial charge in [0.05, 0.1) is 0 Å². The van der Waals surface area contributed by atoms with Gasteiger partial charge in [0.2, 0.25) is 0 Å². The molecule has 0 unspecified atom stereocenters. The SMILES string of the molecule is Fc1ccc(CCNc2cc(Nc3ccc(Cl)cc3)ncn2)cc1. The van der Waals surface area contributed by atoms with Gasteiger partial charge in [-0.2, -0.15) is 0 Å². The summed E-state index contributed by atoms with van der Waals surface area (Å²) < 4.78 is 12.9. The van der Waals surface area contributed by atoms with Gasteiger partial charge in [-0.3, -0.25) is 0 Å². The summed E-state index contributed by atoms with van der Waals surface area (Å²) >= 11 is 5.87. The van der Waals surface area contributed by atoms with Gasteiger partial charge in [-0.15, -0.1) is 0 Å². The fraction of sp³-hybridized carbons (Fsp3) is 0.111. The van der Waals surface area contributed by atoms with E-state index in [0.717, 1.165) is 23.5 Å². The van der Waals surface area contributed by atoms with Crippen molar-refractivity contribution in [3.05, 3.63) is 77.3 Å². The zero-order valence-electron chi connectivity index (χ0n) is 12.8. The van der Waals surface area contributed by atoms with E-state index in [1.165, 1.54) is 18.5 Å². The summed E-state index contributed by atoms with van der Waals surface area (Å²) in [7, 11) is 0. The van der Waals surface area contributed by atoms with Crippen molar-refractivity contribution in [3.8, 4) is 0 Å². The molecule has 0 amide bonds. The second-order valence-electron chi connectivity index (χ2n) is 5.22. The highest BCUT2D eigenvalue weighted by atomic mass is 35.5. The number of benzene rings is 2. The van der Waals surface area contributed by atoms with Crippen LogP contribution in [0.4, 0.5) is 21.7 Å². The average Bonchev–Trinajstić information content (AvgIpc) is 2.59. The third-order valence-corrected chi connectivity index (χ3v) is 3.67. The number of halogens is 2. The van der Waals surface area contributed by atoms with E-state index < -0.39 is 0 Å². The number of nitrogens with one attached hydrogen (secondary N) is 2. The van der Waals surface area contributed by atoms with Crippen LogP contribution in [0.5, 0.6) is 0 Å². The molecule has 0 spiro atoms. The zero-order chi connectivity index (χ0) is 16.8. The first-order valence-corrected chi connectivity index (χ1v) is 7.90. The molecular weight excluding hydrogens is 327 g/mol. The Balaban J connectivity index is 1.56. The first kappa shape index (κ1) is 16.2. The summed E-state index contributed by atoms with van der Waals surface area (Å²) in [5, 5.41) is 7.12. The Labute approximate surface area is 144 Å². The number of anilines is 3. The minimum Gasteiger partial charge on any atom is -0.370 e. The Morgan fingerprint density at radius 1 is 0.917 bits per heavy atom. The van der Waals surface area contributed by atoms with Crippen LogP contribution in [0.2, 0.25) is 5.02 Å². The van der Waals surface area contributed by atoms with Crippen LogP contribution in [-0.4, -0.2) is 16.5 Å². The van der Waals surface area contributed by atoms with Crippen LogP contribution in [-0.2, 0) is 6.42 Å². The lowest BCUT2D eigenvalue weighted by atomic mass is 10.1. The minimum absolute atomic E-state index is 0.222. The molecule has 2 aromatic carbocycles. The maximum absolute atomic E-state index is 12.9. The van der Waals surface area contributed by atoms with E-state index >= 15 is 0 Å². The lowest BCUT2D eigenvalue weighted by Gasteiger charge is -2.09. The highest BCUT2D eigenvalue weighted by Crippen LogP contribution is 2.18. The maximum atomic E-state index is 12.9. The molecule has 4 nitrogen and oxygen atoms in total. The number of rotatable bonds is 6. The Kier molecular flexibility index (Phi) is 5.23. The Morgan fingerprint density at radius 2 is 1.62 bits per heavy atom. The molecule has 0 saturated carbocycles. The summed E-state index contributed by atoms with van der Waals surface area (Å²) in [5.74, 6) is 1.20. The molecule has 2 N–H and O–H groups in total. The van der Waals surface area contributed by atoms with Gasteiger partial charge in [-0.1, -0.05) is 23.7 Å². The standard InChI is InChI=1S/C18H16ClFN4/c19-14-3-7-16(8-4-14)24-18-11-17(22-12-23-18)21-10-9-13-1-5-15(20)6-2-13/h1-8,11-12H,9-10H2,(H2,21,22,23,24). The topological polar surface area (TPSA) is 49.8 Å². The molecule has 3 rings (SSSR count). The Morgan fingerprint density at radius 3 is 2.38 bits per heavy atom. The maximum Gasteiger partial charge on any atom is 0.135 e. The van der Waals surface area contributed by atoms with Crippen molar-refractivity contribution >= 4 is 28.9 Å². The minimum atomic E-state index is -0.222. The molecule has 0 aliphatic rings. The van der Waals surface area contributed by atoms with Crippen LogP contribution < -0.4 is 10.6 Å². The van der Waals surface area contributed by atoms with Crippen LogP contribution in [0.15, 0.2) is 60.9 Å². The van der Waals surface area contributed by atoms with E-state index in [4.69, 9.17) is 11.6 Å². The van der Waals surface area contributed by atoms with Crippen molar-refractivity contribution in [2.45, 2.75) is 6.42 Å². The average molecular weight is 343 g/mol. The third kappa shape index (κ3) is 4.67. The van der Waals surface area contributed by atoms with Gasteiger partial charge in [0, 0.05) is 23.3 Å². The molecule has 122 valence electrons. The first-order chi connectivity index (χ1) is 11.7. The third-order valence-electron chi connectivity index (χ3n) is 3.42. The van der Waals surface area contributed by atoms with Crippen molar-refractivity contribution in [1.82, 2.24) is 9.97 Å². The molecule has 1 heterocycles. The molecule has 0 saturated heterocycles. The molecule has 24 heavy (non-hydrogen) atoms. The van der Waals surface area contributed by atoms with Crippen LogP contribution in [0, 0.1) is 5.82 Å². The van der Waals surface area contributed by atoms with Crippen molar-refractivity contribution in [2.24, 2.45) is 0 Å². The predicted molar refractivity (Wildman–Crippen MR) is 95.4 cm³/mol. The number of aromatic nitrogens is 2. The summed E-state index contributed by atoms with van der Waals surface area (Å²) in [6.07, 6.45) is 2.28. The van der Waals surface area contributed by atoms with Crippen LogP contribution in [0.3, 0.4) is 0 Å². The number of hydrogen-bond donors (Lipinski definition) is 2. The summed E-state index contributed by atoms with van der Waals surface area (Å²) in [6.45, 7) is 0.697. The predicted octanol–water partition coefficient (Wildman–Crippen LogP) is 4.67. The van der Waals surface area contributed by atoms with E-state index in [0.29, 0.717) is 17.4 Å². The zero-order valence-corrected chi connectivity index (χ0v) is 13.6. The normalized spacial score (nSPS) is 10.4. The van der Waals surface area contributed by atoms with Gasteiger partial charge < -0.3 is 10.6 Å². The van der Waals surface area contributed by atoms with Crippen LogP contribution in [0.25, 0.3) is 0 Å². The van der Waals surface area contributed by atoms with Crippen molar-refractivity contribution in [3.63, 3.8) is 0 Å². The van der Waals surface area contributed by atoms with Crippen molar-refractivity contribution in [2.75, 3.05) is 17.2 Å². The molecule has 3 aromatic rings. The molecule has 0 bridgehead atoms. The largest absolute Gasteiger partial charge is 0.370 e. The Hall–Kier alpha value is -2.66. The summed E-state index contributed by atoms with van der Waals surface area (Å²) in [6, 6.07) is 15.7. The second-order valence-corrected chi connectivity index (χ2v) is 5.66. The highest BCUT2D eigenvalue weighted by Gasteiger charge is 2.00. The lowest BCUT2D eigenvalue weighted by Crippen LogP contribution is -2.07. The number of nitrogens with zero attached hydrogens (tertiary/aromatic N) is 2. The van der Waals surface area contributed by atoms with Crippen molar-refractivity contribution < 1.29 is 4.39 Å². The summed E-state index contributed by atoms with van der Waals surface area (Å²) in [5.41, 5.74) is 1.97. The fourth-order valence-electron chi connectivity index (χ4n) is 2.19. The van der Waals surface area contributed by atoms with Gasteiger partial charge in [0.1, 0.15) is 23.8 Å². The fourth-order valence-corrected chi connectivity index (χ4v) is 2.32. The Bertz CT molecular complexity index is 791. The van der Waals surface area contributed by atoms with E-state index in [1.54, 1.807) is 12.1 Å². The molecule has 0 atom stereocenters. The summed E-state index contributed by atoms with van der Waals surface area (Å²) in [4.78, 5) is 8.39. The molecule has 0 fully saturated rings. The van der Waals surface area contributed by atoms with Gasteiger partial charge in [-0.05, 0) is 48.4 Å². The molecule has 0 aliphatic carbocycles. The molecule has 0 radical (unpaired) electrons. The van der Waals surface area contributed by atoms with Crippen LogP contribution >= 0.6 is 11.6 Å². The van der Waals surface area contributed by atoms with Crippen LogP contribution in [0.1, 0.15) is 5.56 Å². The second kappa shape index (κ2) is 7.75. The molecule has 6 heteroatoms. The first-order valence-electron chi connectivity index (χ1n) is 7.52. The van der Waals surface area contributed by atoms with E-state index in [-0.39, 0.29) is 5.82 Å². The van der Waals surface area contributed by atoms with E-state index in [1.807, 2.05) is 30.3 Å². The van der Waals surface area contributed by atoms with E-state index in [9.17, 15) is 4.39 Å². The lowest BCUT2D eigenvalue weighted by molar-refractivity contribution is 0.627. The molecular formula is C18H16ClFN4. The van der Waals surface area contributed by atoms with Gasteiger partial charge in [0.15, 0.2) is 0 Å². The molecule has 0 aliphatic heterocycles. The van der Waals surface area contributed by atoms with Gasteiger partial charge in [-0.25, -0.2) is 14.4 Å². The quantitative estimate of drug-likeness (QED) is 0.683. The highest BCUT2D eigenvalue weighted by molar-refractivity contribution is 6.30. The molecule has 1 aromatic heterocycles. The monoisotopic (exact) mass is 342 g/mol. The van der Waals surface area contributed by atoms with E-state index in [2.05, 4.69) is 20.6 Å². The smallest absolute Gasteiger partial charge is 0.135 e. The van der Waals surface area contributed by atoms with Gasteiger partial charge in [0.25, 0.3) is 0 Å². The number of hydrogen-bond acceptors (Lipinski definition) is 4.